The fraction of sp³-hybridized carbons (Fsp3) is 0. The highest BCUT2D eigenvalue weighted by Gasteiger charge is 2.27. The summed E-state index contributed by atoms with van der Waals surface area (Å²) in [5.41, 5.74) is 1.06. The van der Waals surface area contributed by atoms with E-state index in [4.69, 9.17) is 0 Å². The summed E-state index contributed by atoms with van der Waals surface area (Å²) in [5, 5.41) is 6.86. The number of hydrogen-bond donors (Lipinski definition) is 1. The second-order valence-corrected chi connectivity index (χ2v) is 8.14. The Kier molecular flexibility index (Phi) is 4.46. The average molecular weight is 396 g/mol. The summed E-state index contributed by atoms with van der Waals surface area (Å²) in [4.78, 5) is 17.1. The molecule has 0 amide bonds. The van der Waals surface area contributed by atoms with Gasteiger partial charge in [0.05, 0.1) is 15.5 Å². The number of thioether (sulfide) groups is 1. The van der Waals surface area contributed by atoms with Crippen LogP contribution in [-0.4, -0.2) is 35.1 Å². The monoisotopic (exact) mass is 396 g/mol. The van der Waals surface area contributed by atoms with Crippen LogP contribution in [0.2, 0.25) is 0 Å². The molecule has 1 aromatic heterocycles. The minimum Gasteiger partial charge on any atom is -0.288 e. The van der Waals surface area contributed by atoms with E-state index in [9.17, 15) is 13.2 Å². The largest absolute Gasteiger partial charge is 0.288 e. The van der Waals surface area contributed by atoms with E-state index in [2.05, 4.69) is 19.6 Å². The molecule has 0 radical (unpaired) electrons. The van der Waals surface area contributed by atoms with Crippen LogP contribution >= 0.6 is 11.8 Å². The zero-order valence-electron chi connectivity index (χ0n) is 13.7. The molecule has 9 heteroatoms. The third-order valence-electron chi connectivity index (χ3n) is 3.79. The van der Waals surface area contributed by atoms with Crippen LogP contribution in [0, 0.1) is 0 Å². The van der Waals surface area contributed by atoms with E-state index >= 15 is 0 Å². The lowest BCUT2D eigenvalue weighted by Gasteiger charge is -2.16. The number of ketones is 1. The molecule has 4 rings (SSSR count). The number of sulfonamides is 1. The number of nitrogens with one attached hydrogen (secondary N) is 1. The van der Waals surface area contributed by atoms with Crippen molar-refractivity contribution in [1.82, 2.24) is 15.2 Å². The number of carbonyl (C=O) groups excluding carboxylic acids is 1. The summed E-state index contributed by atoms with van der Waals surface area (Å²) in [6, 6.07) is 14.7. The van der Waals surface area contributed by atoms with Crippen LogP contribution in [0.25, 0.3) is 0 Å². The smallest absolute Gasteiger partial charge is 0.282 e. The van der Waals surface area contributed by atoms with Gasteiger partial charge in [-0.05, 0) is 30.0 Å². The van der Waals surface area contributed by atoms with Gasteiger partial charge in [-0.25, -0.2) is 4.98 Å². The quantitative estimate of drug-likeness (QED) is 0.727. The first-order valence-electron chi connectivity index (χ1n) is 7.84. The van der Waals surface area contributed by atoms with E-state index < -0.39 is 10.0 Å². The third-order valence-corrected chi connectivity index (χ3v) is 6.00. The molecule has 0 bridgehead atoms. The summed E-state index contributed by atoms with van der Waals surface area (Å²) < 4.78 is 29.3. The zero-order valence-corrected chi connectivity index (χ0v) is 15.4. The molecule has 0 spiro atoms. The maximum atomic E-state index is 12.8. The second-order valence-electron chi connectivity index (χ2n) is 5.53. The zero-order chi connectivity index (χ0) is 18.9. The van der Waals surface area contributed by atoms with Gasteiger partial charge < -0.3 is 0 Å². The first-order chi connectivity index (χ1) is 13.0. The topological polar surface area (TPSA) is 105 Å². The molecule has 134 valence electrons. The standard InChI is InChI=1S/C18H12N4O3S2/c23-17-14-9-5-4-8-13(14)15(10-16(17)26-18-19-11-20-21-18)22-27(24,25)12-6-2-1-3-7-12/h1-11H,(H,19,20,21)/b22-15-. The Morgan fingerprint density at radius 1 is 0.963 bits per heavy atom. The number of benzene rings is 2. The normalized spacial score (nSPS) is 15.5. The van der Waals surface area contributed by atoms with Crippen LogP contribution < -0.4 is 0 Å². The number of aromatic amines is 1. The number of aromatic nitrogens is 3. The van der Waals surface area contributed by atoms with Gasteiger partial charge in [0, 0.05) is 11.1 Å². The van der Waals surface area contributed by atoms with E-state index in [0.29, 0.717) is 21.2 Å². The number of nitrogens with zero attached hydrogens (tertiary/aromatic N) is 3. The molecule has 2 aromatic carbocycles. The summed E-state index contributed by atoms with van der Waals surface area (Å²) in [6.45, 7) is 0. The molecular formula is C18H12N4O3S2. The first-order valence-corrected chi connectivity index (χ1v) is 10.1. The maximum Gasteiger partial charge on any atom is 0.282 e. The lowest BCUT2D eigenvalue weighted by Crippen LogP contribution is -2.17. The van der Waals surface area contributed by atoms with Gasteiger partial charge in [0.1, 0.15) is 6.33 Å². The van der Waals surface area contributed by atoms with Crippen molar-refractivity contribution in [2.24, 2.45) is 4.40 Å². The molecule has 0 fully saturated rings. The Morgan fingerprint density at radius 2 is 1.67 bits per heavy atom. The Labute approximate surface area is 159 Å². The van der Waals surface area contributed by atoms with E-state index in [1.807, 2.05) is 0 Å². The van der Waals surface area contributed by atoms with Crippen LogP contribution in [0.15, 0.2) is 86.4 Å². The van der Waals surface area contributed by atoms with Gasteiger partial charge in [-0.1, -0.05) is 42.5 Å². The molecule has 3 aromatic rings. The SMILES string of the molecule is O=C1C(Sc2nc[nH]n2)=C/C(=N/S(=O)(=O)c2ccccc2)c2ccccc21. The summed E-state index contributed by atoms with van der Waals surface area (Å²) in [7, 11) is -3.92. The summed E-state index contributed by atoms with van der Waals surface area (Å²) >= 11 is 1.05. The molecule has 0 atom stereocenters. The summed E-state index contributed by atoms with van der Waals surface area (Å²) in [5.74, 6) is -0.226. The number of H-pyrrole nitrogens is 1. The number of allylic oxidation sites excluding steroid dienone is 2. The predicted octanol–water partition coefficient (Wildman–Crippen LogP) is 2.86. The van der Waals surface area contributed by atoms with Gasteiger partial charge in [-0.2, -0.15) is 12.8 Å². The van der Waals surface area contributed by atoms with Crippen molar-refractivity contribution in [3.63, 3.8) is 0 Å². The Balaban J connectivity index is 1.84. The van der Waals surface area contributed by atoms with E-state index in [-0.39, 0.29) is 16.4 Å². The average Bonchev–Trinajstić information content (AvgIpc) is 3.19. The highest BCUT2D eigenvalue weighted by Crippen LogP contribution is 2.32. The predicted molar refractivity (Wildman–Crippen MR) is 101 cm³/mol. The molecule has 1 aliphatic carbocycles. The summed E-state index contributed by atoms with van der Waals surface area (Å²) in [6.07, 6.45) is 2.87. The maximum absolute atomic E-state index is 12.8. The number of fused-ring (bicyclic) bond motifs is 1. The molecular weight excluding hydrogens is 384 g/mol. The minimum absolute atomic E-state index is 0.0865. The van der Waals surface area contributed by atoms with Gasteiger partial charge in [0.15, 0.2) is 0 Å². The Bertz CT molecular complexity index is 1170. The minimum atomic E-state index is -3.92. The Morgan fingerprint density at radius 3 is 2.37 bits per heavy atom. The first kappa shape index (κ1) is 17.4. The van der Waals surface area contributed by atoms with Crippen LogP contribution in [0.3, 0.4) is 0 Å². The van der Waals surface area contributed by atoms with Gasteiger partial charge >= 0.3 is 0 Å². The highest BCUT2D eigenvalue weighted by molar-refractivity contribution is 8.04. The molecule has 0 saturated carbocycles. The van der Waals surface area contributed by atoms with Gasteiger partial charge in [-0.3, -0.25) is 9.89 Å². The third kappa shape index (κ3) is 3.46. The van der Waals surface area contributed by atoms with Gasteiger partial charge in [0.2, 0.25) is 10.9 Å². The lowest BCUT2D eigenvalue weighted by atomic mass is 9.94. The van der Waals surface area contributed by atoms with Crippen molar-refractivity contribution in [3.05, 3.63) is 83.0 Å². The van der Waals surface area contributed by atoms with Crippen molar-refractivity contribution >= 4 is 33.3 Å². The Hall–Kier alpha value is -3.04. The van der Waals surface area contributed by atoms with Crippen LogP contribution in [-0.2, 0) is 10.0 Å². The number of Topliss-reactive ketones (excluding diaryl/α,β-unsaturated/α-hetero) is 1. The van der Waals surface area contributed by atoms with Gasteiger partial charge in [0.25, 0.3) is 10.0 Å². The molecule has 7 nitrogen and oxygen atoms in total. The van der Waals surface area contributed by atoms with Crippen molar-refractivity contribution in [1.29, 1.82) is 0 Å². The molecule has 1 aliphatic rings. The second kappa shape index (κ2) is 6.93. The van der Waals surface area contributed by atoms with Crippen LogP contribution in [0.4, 0.5) is 0 Å². The molecule has 1 N–H and O–H groups in total. The molecule has 1 heterocycles. The van der Waals surface area contributed by atoms with Crippen LogP contribution in [0.1, 0.15) is 15.9 Å². The highest BCUT2D eigenvalue weighted by atomic mass is 32.2. The number of hydrogen-bond acceptors (Lipinski definition) is 6. The van der Waals surface area contributed by atoms with Crippen molar-refractivity contribution in [2.75, 3.05) is 0 Å². The van der Waals surface area contributed by atoms with E-state index in [1.165, 1.54) is 24.5 Å². The van der Waals surface area contributed by atoms with E-state index in [0.717, 1.165) is 11.8 Å². The fourth-order valence-electron chi connectivity index (χ4n) is 2.58. The van der Waals surface area contributed by atoms with Gasteiger partial charge in [-0.15, -0.1) is 5.10 Å². The van der Waals surface area contributed by atoms with Crippen molar-refractivity contribution in [3.8, 4) is 0 Å². The fourth-order valence-corrected chi connectivity index (χ4v) is 4.37. The molecule has 0 unspecified atom stereocenters. The molecule has 0 saturated heterocycles. The van der Waals surface area contributed by atoms with E-state index in [1.54, 1.807) is 42.5 Å². The number of rotatable bonds is 4. The number of carbonyl (C=O) groups is 1. The lowest BCUT2D eigenvalue weighted by molar-refractivity contribution is 0.104. The van der Waals surface area contributed by atoms with Crippen molar-refractivity contribution in [2.45, 2.75) is 10.1 Å². The molecule has 0 aliphatic heterocycles. The molecule has 27 heavy (non-hydrogen) atoms. The van der Waals surface area contributed by atoms with Crippen molar-refractivity contribution < 1.29 is 13.2 Å². The van der Waals surface area contributed by atoms with Crippen LogP contribution in [0.5, 0.6) is 0 Å².